The number of benzene rings is 1. The predicted octanol–water partition coefficient (Wildman–Crippen LogP) is 2.12. The molecule has 1 aliphatic rings. The maximum Gasteiger partial charge on any atom is 0.104 e. The summed E-state index contributed by atoms with van der Waals surface area (Å²) >= 11 is 0. The number of hydrogen-bond donors (Lipinski definition) is 1. The Kier molecular flexibility index (Phi) is 4.41. The first kappa shape index (κ1) is 13.1. The predicted molar refractivity (Wildman–Crippen MR) is 74.0 cm³/mol. The second-order valence-corrected chi connectivity index (χ2v) is 5.27. The molecule has 1 aromatic carbocycles. The Balaban J connectivity index is 2.10. The maximum atomic E-state index is 8.79. The minimum Gasteiger partial charge on any atom is -0.384 e. The quantitative estimate of drug-likeness (QED) is 0.804. The lowest BCUT2D eigenvalue weighted by molar-refractivity contribution is 0.316. The fourth-order valence-corrected chi connectivity index (χ4v) is 2.53. The van der Waals surface area contributed by atoms with Gasteiger partial charge in [0, 0.05) is 25.2 Å². The molecule has 1 N–H and O–H groups in total. The lowest BCUT2D eigenvalue weighted by atomic mass is 10.0. The van der Waals surface area contributed by atoms with E-state index in [1.165, 1.54) is 18.7 Å². The van der Waals surface area contributed by atoms with E-state index in [2.05, 4.69) is 42.7 Å². The zero-order valence-electron chi connectivity index (χ0n) is 11.2. The zero-order valence-corrected chi connectivity index (χ0v) is 11.2. The molecule has 0 spiro atoms. The summed E-state index contributed by atoms with van der Waals surface area (Å²) in [5.74, 6) is 7.32. The van der Waals surface area contributed by atoms with Crippen molar-refractivity contribution in [1.82, 2.24) is 4.90 Å². The number of aliphatic hydroxyl groups excluding tert-OH is 1. The molecule has 1 aliphatic heterocycles. The average molecular weight is 243 g/mol. The summed E-state index contributed by atoms with van der Waals surface area (Å²) in [6.07, 6.45) is 0. The fourth-order valence-electron chi connectivity index (χ4n) is 2.53. The molecule has 0 amide bonds. The Hall–Kier alpha value is -1.30. The summed E-state index contributed by atoms with van der Waals surface area (Å²) in [5, 5.41) is 8.79. The molecule has 0 bridgehead atoms. The fraction of sp³-hybridized carbons (Fsp3) is 0.500. The van der Waals surface area contributed by atoms with E-state index < -0.39 is 0 Å². The van der Waals surface area contributed by atoms with Gasteiger partial charge in [0.1, 0.15) is 6.61 Å². The average Bonchev–Trinajstić information content (AvgIpc) is 2.67. The van der Waals surface area contributed by atoms with Gasteiger partial charge in [-0.15, -0.1) is 0 Å². The van der Waals surface area contributed by atoms with E-state index in [1.54, 1.807) is 0 Å². The molecular weight excluding hydrogens is 222 g/mol. The van der Waals surface area contributed by atoms with Crippen molar-refractivity contribution in [2.45, 2.75) is 20.4 Å². The van der Waals surface area contributed by atoms with Gasteiger partial charge in [-0.3, -0.25) is 4.90 Å². The van der Waals surface area contributed by atoms with Crippen LogP contribution in [0.4, 0.5) is 0 Å². The van der Waals surface area contributed by atoms with Crippen LogP contribution in [0, 0.1) is 23.7 Å². The summed E-state index contributed by atoms with van der Waals surface area (Å²) in [4.78, 5) is 2.49. The summed E-state index contributed by atoms with van der Waals surface area (Å²) in [7, 11) is 0. The summed E-state index contributed by atoms with van der Waals surface area (Å²) < 4.78 is 0. The van der Waals surface area contributed by atoms with Crippen LogP contribution in [0.2, 0.25) is 0 Å². The van der Waals surface area contributed by atoms with Gasteiger partial charge in [-0.2, -0.15) is 0 Å². The van der Waals surface area contributed by atoms with Crippen LogP contribution in [-0.4, -0.2) is 29.7 Å². The van der Waals surface area contributed by atoms with Crippen LogP contribution in [0.3, 0.4) is 0 Å². The Labute approximate surface area is 110 Å². The highest BCUT2D eigenvalue weighted by atomic mass is 16.2. The van der Waals surface area contributed by atoms with Gasteiger partial charge in [-0.05, 0) is 23.5 Å². The highest BCUT2D eigenvalue weighted by Crippen LogP contribution is 2.24. The lowest BCUT2D eigenvalue weighted by Crippen LogP contribution is -2.20. The van der Waals surface area contributed by atoms with Crippen molar-refractivity contribution in [3.63, 3.8) is 0 Å². The van der Waals surface area contributed by atoms with Gasteiger partial charge < -0.3 is 5.11 Å². The number of nitrogens with zero attached hydrogens (tertiary/aromatic N) is 1. The van der Waals surface area contributed by atoms with Gasteiger partial charge in [0.05, 0.1) is 0 Å². The van der Waals surface area contributed by atoms with Crippen LogP contribution in [0.15, 0.2) is 24.3 Å². The second-order valence-electron chi connectivity index (χ2n) is 5.27. The van der Waals surface area contributed by atoms with Crippen molar-refractivity contribution < 1.29 is 5.11 Å². The van der Waals surface area contributed by atoms with Crippen molar-refractivity contribution >= 4 is 0 Å². The third-order valence-electron chi connectivity index (χ3n) is 3.78. The Bertz CT molecular complexity index is 448. The molecular formula is C16H21NO. The number of rotatable bonds is 2. The normalized spacial score (nSPS) is 23.7. The van der Waals surface area contributed by atoms with Crippen LogP contribution in [0.5, 0.6) is 0 Å². The molecule has 2 atom stereocenters. The molecule has 0 saturated carbocycles. The Morgan fingerprint density at radius 2 is 1.89 bits per heavy atom. The van der Waals surface area contributed by atoms with Crippen molar-refractivity contribution in [2.75, 3.05) is 19.7 Å². The molecule has 2 unspecified atom stereocenters. The van der Waals surface area contributed by atoms with E-state index in [0.29, 0.717) is 0 Å². The van der Waals surface area contributed by atoms with Gasteiger partial charge in [0.2, 0.25) is 0 Å². The van der Waals surface area contributed by atoms with E-state index >= 15 is 0 Å². The second kappa shape index (κ2) is 6.04. The lowest BCUT2D eigenvalue weighted by Gasteiger charge is -2.16. The topological polar surface area (TPSA) is 23.5 Å². The van der Waals surface area contributed by atoms with Gasteiger partial charge >= 0.3 is 0 Å². The van der Waals surface area contributed by atoms with Gasteiger partial charge in [0.15, 0.2) is 0 Å². The van der Waals surface area contributed by atoms with Crippen molar-refractivity contribution in [3.8, 4) is 11.8 Å². The van der Waals surface area contributed by atoms with Crippen molar-refractivity contribution in [1.29, 1.82) is 0 Å². The Morgan fingerprint density at radius 1 is 1.22 bits per heavy atom. The van der Waals surface area contributed by atoms with Gasteiger partial charge in [-0.25, -0.2) is 0 Å². The van der Waals surface area contributed by atoms with Gasteiger partial charge in [0.25, 0.3) is 0 Å². The molecule has 0 aromatic heterocycles. The monoisotopic (exact) mass is 243 g/mol. The molecule has 2 heteroatoms. The molecule has 0 radical (unpaired) electrons. The Morgan fingerprint density at radius 3 is 2.56 bits per heavy atom. The van der Waals surface area contributed by atoms with Crippen LogP contribution in [0.25, 0.3) is 0 Å². The molecule has 2 rings (SSSR count). The van der Waals surface area contributed by atoms with E-state index in [0.717, 1.165) is 23.9 Å². The molecule has 1 aromatic rings. The van der Waals surface area contributed by atoms with E-state index in [1.807, 2.05) is 12.1 Å². The van der Waals surface area contributed by atoms with E-state index in [4.69, 9.17) is 5.11 Å². The van der Waals surface area contributed by atoms with E-state index in [-0.39, 0.29) is 6.61 Å². The summed E-state index contributed by atoms with van der Waals surface area (Å²) in [6.45, 7) is 7.87. The SMILES string of the molecule is CC1CN(Cc2ccccc2C#CCO)CC1C. The first-order chi connectivity index (χ1) is 8.70. The first-order valence-electron chi connectivity index (χ1n) is 6.60. The van der Waals surface area contributed by atoms with Gasteiger partial charge in [-0.1, -0.05) is 43.9 Å². The van der Waals surface area contributed by atoms with E-state index in [9.17, 15) is 0 Å². The molecule has 0 aliphatic carbocycles. The number of likely N-dealkylation sites (tertiary alicyclic amines) is 1. The highest BCUT2D eigenvalue weighted by Gasteiger charge is 2.25. The minimum atomic E-state index is -0.0773. The molecule has 18 heavy (non-hydrogen) atoms. The number of aliphatic hydroxyl groups is 1. The smallest absolute Gasteiger partial charge is 0.104 e. The third-order valence-corrected chi connectivity index (χ3v) is 3.78. The van der Waals surface area contributed by atoms with Crippen LogP contribution in [-0.2, 0) is 6.54 Å². The largest absolute Gasteiger partial charge is 0.384 e. The third kappa shape index (κ3) is 3.13. The molecule has 1 fully saturated rings. The minimum absolute atomic E-state index is 0.0773. The summed E-state index contributed by atoms with van der Waals surface area (Å²) in [6, 6.07) is 8.22. The zero-order chi connectivity index (χ0) is 13.0. The highest BCUT2D eigenvalue weighted by molar-refractivity contribution is 5.41. The van der Waals surface area contributed by atoms with Crippen LogP contribution >= 0.6 is 0 Å². The standard InChI is InChI=1S/C16H21NO/c1-13-10-17(11-14(13)2)12-16-7-4-3-6-15(16)8-5-9-18/h3-4,6-7,13-14,18H,9-12H2,1-2H3. The van der Waals surface area contributed by atoms with Crippen molar-refractivity contribution in [3.05, 3.63) is 35.4 Å². The van der Waals surface area contributed by atoms with Crippen LogP contribution in [0.1, 0.15) is 25.0 Å². The summed E-state index contributed by atoms with van der Waals surface area (Å²) in [5.41, 5.74) is 2.30. The van der Waals surface area contributed by atoms with Crippen LogP contribution < -0.4 is 0 Å². The molecule has 1 saturated heterocycles. The molecule has 96 valence electrons. The maximum absolute atomic E-state index is 8.79. The molecule has 1 heterocycles. The first-order valence-corrected chi connectivity index (χ1v) is 6.60. The number of hydrogen-bond acceptors (Lipinski definition) is 2. The molecule has 2 nitrogen and oxygen atoms in total. The van der Waals surface area contributed by atoms with Crippen molar-refractivity contribution in [2.24, 2.45) is 11.8 Å².